The number of piperidine rings is 1. The van der Waals surface area contributed by atoms with Crippen molar-refractivity contribution in [2.24, 2.45) is 11.7 Å². The highest BCUT2D eigenvalue weighted by Crippen LogP contribution is 2.24. The molecule has 0 aromatic heterocycles. The van der Waals surface area contributed by atoms with Crippen molar-refractivity contribution in [3.05, 3.63) is 29.3 Å². The molecule has 2 aliphatic heterocycles. The zero-order chi connectivity index (χ0) is 19.6. The van der Waals surface area contributed by atoms with Gasteiger partial charge in [-0.25, -0.2) is 0 Å². The summed E-state index contributed by atoms with van der Waals surface area (Å²) in [5.41, 5.74) is 8.37. The predicted octanol–water partition coefficient (Wildman–Crippen LogP) is 0.814. The van der Waals surface area contributed by atoms with Gasteiger partial charge in [-0.2, -0.15) is 0 Å². The van der Waals surface area contributed by atoms with Gasteiger partial charge in [-0.05, 0) is 49.8 Å². The average Bonchev–Trinajstić information content (AvgIpc) is 3.00. The Labute approximate surface area is 159 Å². The van der Waals surface area contributed by atoms with Gasteiger partial charge in [-0.15, -0.1) is 0 Å². The Hall–Kier alpha value is -2.41. The van der Waals surface area contributed by atoms with Crippen LogP contribution in [0, 0.1) is 5.92 Å². The van der Waals surface area contributed by atoms with Crippen LogP contribution in [0.25, 0.3) is 0 Å². The Bertz CT molecular complexity index is 739. The largest absolute Gasteiger partial charge is 0.353 e. The van der Waals surface area contributed by atoms with Crippen LogP contribution >= 0.6 is 0 Å². The molecule has 2 atom stereocenters. The molecule has 2 heterocycles. The highest BCUT2D eigenvalue weighted by atomic mass is 16.2. The molecule has 4 N–H and O–H groups in total. The Morgan fingerprint density at radius 1 is 1.30 bits per heavy atom. The fourth-order valence-corrected chi connectivity index (χ4v) is 3.91. The van der Waals surface area contributed by atoms with Gasteiger partial charge in [-0.3, -0.25) is 14.4 Å². The van der Waals surface area contributed by atoms with E-state index in [4.69, 9.17) is 5.73 Å². The van der Waals surface area contributed by atoms with Crippen LogP contribution in [0.4, 0.5) is 5.69 Å². The van der Waals surface area contributed by atoms with Crippen molar-refractivity contribution in [3.63, 3.8) is 0 Å². The number of hydrogen-bond donors (Lipinski definition) is 3. The van der Waals surface area contributed by atoms with E-state index in [1.807, 2.05) is 30.0 Å². The molecular weight excluding hydrogens is 344 g/mol. The van der Waals surface area contributed by atoms with E-state index in [9.17, 15) is 14.4 Å². The highest BCUT2D eigenvalue weighted by Gasteiger charge is 2.28. The van der Waals surface area contributed by atoms with E-state index in [2.05, 4.69) is 10.6 Å². The number of rotatable bonds is 5. The standard InChI is InChI=1S/C20H28N4O3/c1-12(21)20(27)24-7-5-15(6-8-24)13(2)22-18(25)10-14-3-4-17-16(9-14)11-19(26)23-17/h3-4,9,12-13,15H,5-8,10-11,21H2,1-2H3,(H,22,25)(H,23,26). The maximum atomic E-state index is 12.4. The Balaban J connectivity index is 1.48. The van der Waals surface area contributed by atoms with Crippen molar-refractivity contribution in [1.29, 1.82) is 0 Å². The Morgan fingerprint density at radius 2 is 2.00 bits per heavy atom. The minimum Gasteiger partial charge on any atom is -0.353 e. The molecule has 7 heteroatoms. The summed E-state index contributed by atoms with van der Waals surface area (Å²) >= 11 is 0. The smallest absolute Gasteiger partial charge is 0.239 e. The number of likely N-dealkylation sites (tertiary alicyclic amines) is 1. The normalized spacial score (nSPS) is 19.2. The van der Waals surface area contributed by atoms with E-state index in [0.29, 0.717) is 31.8 Å². The predicted molar refractivity (Wildman–Crippen MR) is 103 cm³/mol. The highest BCUT2D eigenvalue weighted by molar-refractivity contribution is 5.99. The zero-order valence-corrected chi connectivity index (χ0v) is 16.0. The lowest BCUT2D eigenvalue weighted by molar-refractivity contribution is -0.134. The van der Waals surface area contributed by atoms with Crippen LogP contribution in [0.5, 0.6) is 0 Å². The second kappa shape index (κ2) is 8.08. The molecule has 0 aliphatic carbocycles. The Kier molecular flexibility index (Phi) is 5.79. The second-order valence-corrected chi connectivity index (χ2v) is 7.70. The van der Waals surface area contributed by atoms with Gasteiger partial charge in [0, 0.05) is 24.8 Å². The van der Waals surface area contributed by atoms with Gasteiger partial charge in [0.15, 0.2) is 0 Å². The number of carbonyl (C=O) groups excluding carboxylic acids is 3. The number of benzene rings is 1. The van der Waals surface area contributed by atoms with Gasteiger partial charge >= 0.3 is 0 Å². The molecule has 1 saturated heterocycles. The lowest BCUT2D eigenvalue weighted by Crippen LogP contribution is -2.49. The molecule has 7 nitrogen and oxygen atoms in total. The van der Waals surface area contributed by atoms with Gasteiger partial charge < -0.3 is 21.3 Å². The van der Waals surface area contributed by atoms with Gasteiger partial charge in [-0.1, -0.05) is 12.1 Å². The molecule has 1 fully saturated rings. The molecule has 1 aromatic carbocycles. The van der Waals surface area contributed by atoms with Gasteiger partial charge in [0.2, 0.25) is 17.7 Å². The summed E-state index contributed by atoms with van der Waals surface area (Å²) in [4.78, 5) is 37.6. The third kappa shape index (κ3) is 4.66. The fourth-order valence-electron chi connectivity index (χ4n) is 3.91. The summed E-state index contributed by atoms with van der Waals surface area (Å²) in [5, 5.41) is 5.89. The minimum atomic E-state index is -0.462. The van der Waals surface area contributed by atoms with Crippen molar-refractivity contribution >= 4 is 23.4 Å². The number of carbonyl (C=O) groups is 3. The average molecular weight is 372 g/mol. The lowest BCUT2D eigenvalue weighted by Gasteiger charge is -2.35. The molecule has 0 radical (unpaired) electrons. The number of nitrogens with one attached hydrogen (secondary N) is 2. The van der Waals surface area contributed by atoms with Crippen LogP contribution in [-0.4, -0.2) is 47.8 Å². The fraction of sp³-hybridized carbons (Fsp3) is 0.550. The van der Waals surface area contributed by atoms with E-state index >= 15 is 0 Å². The van der Waals surface area contributed by atoms with E-state index in [0.717, 1.165) is 29.7 Å². The van der Waals surface area contributed by atoms with Gasteiger partial charge in [0.1, 0.15) is 0 Å². The monoisotopic (exact) mass is 372 g/mol. The van der Waals surface area contributed by atoms with E-state index < -0.39 is 6.04 Å². The van der Waals surface area contributed by atoms with Crippen molar-refractivity contribution in [1.82, 2.24) is 10.2 Å². The number of anilines is 1. The van der Waals surface area contributed by atoms with Crippen LogP contribution < -0.4 is 16.4 Å². The summed E-state index contributed by atoms with van der Waals surface area (Å²) in [7, 11) is 0. The molecule has 0 spiro atoms. The molecule has 1 aromatic rings. The number of fused-ring (bicyclic) bond motifs is 1. The first kappa shape index (κ1) is 19.4. The van der Waals surface area contributed by atoms with Crippen LogP contribution in [0.1, 0.15) is 37.8 Å². The van der Waals surface area contributed by atoms with Crippen molar-refractivity contribution in [2.45, 2.75) is 51.6 Å². The first-order chi connectivity index (χ1) is 12.8. The van der Waals surface area contributed by atoms with Crippen LogP contribution in [-0.2, 0) is 27.2 Å². The number of nitrogens with zero attached hydrogens (tertiary/aromatic N) is 1. The number of hydrogen-bond acceptors (Lipinski definition) is 4. The first-order valence-electron chi connectivity index (χ1n) is 9.59. The summed E-state index contributed by atoms with van der Waals surface area (Å²) in [6.07, 6.45) is 2.41. The lowest BCUT2D eigenvalue weighted by atomic mass is 9.90. The Morgan fingerprint density at radius 3 is 2.67 bits per heavy atom. The molecule has 3 amide bonds. The van der Waals surface area contributed by atoms with Crippen LogP contribution in [0.2, 0.25) is 0 Å². The van der Waals surface area contributed by atoms with Crippen LogP contribution in [0.15, 0.2) is 18.2 Å². The van der Waals surface area contributed by atoms with E-state index in [1.165, 1.54) is 0 Å². The summed E-state index contributed by atoms with van der Waals surface area (Å²) < 4.78 is 0. The third-order valence-electron chi connectivity index (χ3n) is 5.50. The number of nitrogens with two attached hydrogens (primary N) is 1. The van der Waals surface area contributed by atoms with E-state index in [-0.39, 0.29) is 23.8 Å². The second-order valence-electron chi connectivity index (χ2n) is 7.70. The molecule has 0 bridgehead atoms. The van der Waals surface area contributed by atoms with E-state index in [1.54, 1.807) is 6.92 Å². The maximum absolute atomic E-state index is 12.4. The van der Waals surface area contributed by atoms with Gasteiger partial charge in [0.25, 0.3) is 0 Å². The number of amides is 3. The summed E-state index contributed by atoms with van der Waals surface area (Å²) in [5.74, 6) is 0.325. The molecule has 3 rings (SSSR count). The maximum Gasteiger partial charge on any atom is 0.239 e. The topological polar surface area (TPSA) is 105 Å². The van der Waals surface area contributed by atoms with Crippen molar-refractivity contribution in [2.75, 3.05) is 18.4 Å². The van der Waals surface area contributed by atoms with Crippen LogP contribution in [0.3, 0.4) is 0 Å². The molecular formula is C20H28N4O3. The quantitative estimate of drug-likeness (QED) is 0.711. The third-order valence-corrected chi connectivity index (χ3v) is 5.50. The van der Waals surface area contributed by atoms with Gasteiger partial charge in [0.05, 0.1) is 18.9 Å². The first-order valence-corrected chi connectivity index (χ1v) is 9.59. The van der Waals surface area contributed by atoms with Crippen molar-refractivity contribution in [3.8, 4) is 0 Å². The van der Waals surface area contributed by atoms with Crippen molar-refractivity contribution < 1.29 is 14.4 Å². The molecule has 0 saturated carbocycles. The SMILES string of the molecule is CC(N)C(=O)N1CCC(C(C)NC(=O)Cc2ccc3c(c2)CC(=O)N3)CC1. The molecule has 146 valence electrons. The molecule has 2 unspecified atom stereocenters. The zero-order valence-electron chi connectivity index (χ0n) is 16.0. The molecule has 2 aliphatic rings. The summed E-state index contributed by atoms with van der Waals surface area (Å²) in [6, 6.07) is 5.26. The summed E-state index contributed by atoms with van der Waals surface area (Å²) in [6.45, 7) is 5.12. The minimum absolute atomic E-state index is 0.00489. The molecule has 27 heavy (non-hydrogen) atoms.